The van der Waals surface area contributed by atoms with E-state index in [0.29, 0.717) is 6.42 Å². The van der Waals surface area contributed by atoms with Crippen molar-refractivity contribution in [2.45, 2.75) is 38.5 Å². The second-order valence-corrected chi connectivity index (χ2v) is 8.74. The van der Waals surface area contributed by atoms with Gasteiger partial charge in [0.25, 0.3) is 0 Å². The van der Waals surface area contributed by atoms with Crippen molar-refractivity contribution in [2.75, 3.05) is 32.1 Å². The molecule has 0 spiro atoms. The molecule has 0 amide bonds. The molecule has 0 atom stereocenters. The van der Waals surface area contributed by atoms with Crippen molar-refractivity contribution in [3.63, 3.8) is 0 Å². The molecule has 1 N–H and O–H groups in total. The maximum absolute atomic E-state index is 10.9. The zero-order valence-corrected chi connectivity index (χ0v) is 17.2. The molecule has 4 nitrogen and oxygen atoms in total. The van der Waals surface area contributed by atoms with Gasteiger partial charge in [-0.05, 0) is 46.2 Å². The topological polar surface area (TPSA) is 43.5 Å². The summed E-state index contributed by atoms with van der Waals surface area (Å²) in [5.74, 6) is -0.714. The summed E-state index contributed by atoms with van der Waals surface area (Å²) in [4.78, 5) is 13.0. The van der Waals surface area contributed by atoms with Crippen molar-refractivity contribution in [1.29, 1.82) is 0 Å². The standard InChI is InChI=1S/C24H28N2O2/c1-24(2)20-14-19(25(3)4)8-7-16(20)12-18-13-17-9-11-26(10-5-6-23(27)28)22(17)15-21(18)24/h7-8,12-15H,5-6,9-11H2,1-4H3/p+1. The molecule has 146 valence electrons. The van der Waals surface area contributed by atoms with Crippen LogP contribution >= 0.6 is 0 Å². The first-order valence-corrected chi connectivity index (χ1v) is 10.1. The van der Waals surface area contributed by atoms with Crippen LogP contribution in [0.5, 0.6) is 0 Å². The molecule has 0 fully saturated rings. The number of anilines is 1. The van der Waals surface area contributed by atoms with E-state index >= 15 is 0 Å². The lowest BCUT2D eigenvalue weighted by atomic mass is 9.72. The highest BCUT2D eigenvalue weighted by Crippen LogP contribution is 2.36. The third-order valence-corrected chi connectivity index (χ3v) is 6.27. The molecular formula is C24H29N2O2+. The quantitative estimate of drug-likeness (QED) is 0.812. The van der Waals surface area contributed by atoms with Gasteiger partial charge in [-0.3, -0.25) is 4.79 Å². The highest BCUT2D eigenvalue weighted by atomic mass is 16.4. The van der Waals surface area contributed by atoms with Crippen molar-refractivity contribution < 1.29 is 9.90 Å². The predicted octanol–water partition coefficient (Wildman–Crippen LogP) is 2.13. The Labute approximate surface area is 166 Å². The van der Waals surface area contributed by atoms with Crippen LogP contribution in [0.15, 0.2) is 30.3 Å². The third kappa shape index (κ3) is 3.11. The zero-order valence-electron chi connectivity index (χ0n) is 17.2. The molecule has 4 heteroatoms. The third-order valence-electron chi connectivity index (χ3n) is 6.27. The summed E-state index contributed by atoms with van der Waals surface area (Å²) >= 11 is 0. The molecule has 1 aliphatic heterocycles. The molecule has 0 bridgehead atoms. The Kier molecular flexibility index (Phi) is 4.53. The average molecular weight is 378 g/mol. The number of rotatable bonds is 5. The van der Waals surface area contributed by atoms with Crippen molar-refractivity contribution in [2.24, 2.45) is 0 Å². The highest BCUT2D eigenvalue weighted by molar-refractivity contribution is 5.68. The van der Waals surface area contributed by atoms with Gasteiger partial charge in [-0.2, -0.15) is 0 Å². The number of fused-ring (bicyclic) bond motifs is 3. The molecule has 0 saturated carbocycles. The van der Waals surface area contributed by atoms with Crippen LogP contribution in [0.1, 0.15) is 48.9 Å². The lowest BCUT2D eigenvalue weighted by Crippen LogP contribution is -2.36. The van der Waals surface area contributed by atoms with Gasteiger partial charge in [0.15, 0.2) is 0 Å². The van der Waals surface area contributed by atoms with Crippen molar-refractivity contribution >= 4 is 17.7 Å². The molecule has 1 aliphatic carbocycles. The van der Waals surface area contributed by atoms with Gasteiger partial charge in [0.2, 0.25) is 5.36 Å². The van der Waals surface area contributed by atoms with E-state index in [-0.39, 0.29) is 11.8 Å². The summed E-state index contributed by atoms with van der Waals surface area (Å²) in [6.07, 6.45) is 4.28. The Balaban J connectivity index is 1.83. The molecule has 2 aliphatic rings. The van der Waals surface area contributed by atoms with Crippen molar-refractivity contribution in [3.8, 4) is 0 Å². The fraction of sp³-hybridized carbons (Fsp3) is 0.417. The number of carboxylic acids is 1. The summed E-state index contributed by atoms with van der Waals surface area (Å²) in [5.41, 5.74) is 6.56. The number of hydrogen-bond donors (Lipinski definition) is 1. The number of benzene rings is 2. The maximum atomic E-state index is 10.9. The summed E-state index contributed by atoms with van der Waals surface area (Å²) in [6.45, 7) is 6.42. The second kappa shape index (κ2) is 6.77. The van der Waals surface area contributed by atoms with Crippen LogP contribution in [0.25, 0.3) is 6.08 Å². The molecule has 2 aromatic carbocycles. The van der Waals surface area contributed by atoms with Gasteiger partial charge in [-0.15, -0.1) is 0 Å². The number of carboxylic acid groups (broad SMARTS) is 1. The average Bonchev–Trinajstić information content (AvgIpc) is 3.02. The van der Waals surface area contributed by atoms with E-state index in [1.54, 1.807) is 0 Å². The number of carbonyl (C=O) groups is 1. The minimum Gasteiger partial charge on any atom is -0.481 e. The molecule has 0 radical (unpaired) electrons. The number of hydrogen-bond acceptors (Lipinski definition) is 2. The van der Waals surface area contributed by atoms with Crippen LogP contribution in [0.3, 0.4) is 0 Å². The van der Waals surface area contributed by atoms with Gasteiger partial charge < -0.3 is 10.0 Å². The van der Waals surface area contributed by atoms with Crippen LogP contribution in [-0.4, -0.2) is 38.3 Å². The summed E-state index contributed by atoms with van der Waals surface area (Å²) in [7, 11) is 4.16. The van der Waals surface area contributed by atoms with E-state index in [2.05, 4.69) is 73.8 Å². The molecule has 4 rings (SSSR count). The van der Waals surface area contributed by atoms with Gasteiger partial charge in [-0.1, -0.05) is 19.9 Å². The molecular weight excluding hydrogens is 348 g/mol. The molecule has 2 aromatic rings. The van der Waals surface area contributed by atoms with Gasteiger partial charge in [0, 0.05) is 49.7 Å². The zero-order chi connectivity index (χ0) is 20.1. The first-order valence-electron chi connectivity index (χ1n) is 10.1. The Morgan fingerprint density at radius 2 is 1.96 bits per heavy atom. The van der Waals surface area contributed by atoms with Crippen LogP contribution in [0, 0.1) is 0 Å². The number of aliphatic carboxylic acids is 1. The van der Waals surface area contributed by atoms with Crippen LogP contribution in [0.4, 0.5) is 5.69 Å². The monoisotopic (exact) mass is 377 g/mol. The first kappa shape index (κ1) is 18.7. The largest absolute Gasteiger partial charge is 0.481 e. The summed E-state index contributed by atoms with van der Waals surface area (Å²) < 4.78 is 2.36. The van der Waals surface area contributed by atoms with Gasteiger partial charge >= 0.3 is 5.97 Å². The summed E-state index contributed by atoms with van der Waals surface area (Å²) in [5, 5.41) is 11.5. The lowest BCUT2D eigenvalue weighted by Gasteiger charge is -2.32. The van der Waals surface area contributed by atoms with E-state index in [1.807, 2.05) is 0 Å². The van der Waals surface area contributed by atoms with E-state index in [1.165, 1.54) is 38.5 Å². The van der Waals surface area contributed by atoms with Crippen LogP contribution in [0.2, 0.25) is 0 Å². The Morgan fingerprint density at radius 1 is 1.18 bits per heavy atom. The Hall–Kier alpha value is -2.62. The fourth-order valence-corrected chi connectivity index (χ4v) is 4.64. The Morgan fingerprint density at radius 3 is 2.68 bits per heavy atom. The van der Waals surface area contributed by atoms with Crippen molar-refractivity contribution in [1.82, 2.24) is 4.58 Å². The molecule has 0 unspecified atom stereocenters. The van der Waals surface area contributed by atoms with E-state index in [4.69, 9.17) is 5.11 Å². The van der Waals surface area contributed by atoms with E-state index in [9.17, 15) is 4.79 Å². The molecule has 0 saturated heterocycles. The van der Waals surface area contributed by atoms with Gasteiger partial charge in [0.1, 0.15) is 13.1 Å². The molecule has 0 aromatic heterocycles. The SMILES string of the molecule is CN(C)c1ccc2c(c1)C(C)(C)c1cc3c(cc1=C2)CC[N+]=3CCCC(=O)O. The van der Waals surface area contributed by atoms with Crippen LogP contribution < -0.4 is 20.1 Å². The lowest BCUT2D eigenvalue weighted by molar-refractivity contribution is -0.137. The molecule has 1 heterocycles. The normalized spacial score (nSPS) is 16.1. The van der Waals surface area contributed by atoms with Gasteiger partial charge in [-0.25, -0.2) is 4.58 Å². The first-order chi connectivity index (χ1) is 13.3. The van der Waals surface area contributed by atoms with Crippen molar-refractivity contribution in [3.05, 3.63) is 63.2 Å². The fourth-order valence-electron chi connectivity index (χ4n) is 4.64. The maximum Gasteiger partial charge on any atom is 0.303 e. The summed E-state index contributed by atoms with van der Waals surface area (Å²) in [6, 6.07) is 11.5. The van der Waals surface area contributed by atoms with E-state index < -0.39 is 5.97 Å². The smallest absolute Gasteiger partial charge is 0.303 e. The number of nitrogens with zero attached hydrogens (tertiary/aromatic N) is 2. The van der Waals surface area contributed by atoms with Crippen LogP contribution in [-0.2, 0) is 16.6 Å². The molecule has 28 heavy (non-hydrogen) atoms. The Bertz CT molecular complexity index is 1080. The van der Waals surface area contributed by atoms with Gasteiger partial charge in [0.05, 0.1) is 6.42 Å². The minimum atomic E-state index is -0.714. The highest BCUT2D eigenvalue weighted by Gasteiger charge is 2.32. The van der Waals surface area contributed by atoms with E-state index in [0.717, 1.165) is 19.5 Å². The predicted molar refractivity (Wildman–Crippen MR) is 114 cm³/mol. The minimum absolute atomic E-state index is 0.0736. The second-order valence-electron chi connectivity index (χ2n) is 8.74.